The van der Waals surface area contributed by atoms with Gasteiger partial charge in [-0.05, 0) is 30.7 Å². The average Bonchev–Trinajstić information content (AvgIpc) is 2.42. The third-order valence-corrected chi connectivity index (χ3v) is 4.34. The van der Waals surface area contributed by atoms with Gasteiger partial charge in [0, 0.05) is 29.8 Å². The molecule has 0 aliphatic carbocycles. The Morgan fingerprint density at radius 1 is 1.58 bits per heavy atom. The number of esters is 1. The molecule has 1 atom stereocenters. The summed E-state index contributed by atoms with van der Waals surface area (Å²) < 4.78 is 5.89. The van der Waals surface area contributed by atoms with Gasteiger partial charge in [0.2, 0.25) is 0 Å². The third-order valence-electron chi connectivity index (χ3n) is 3.45. The summed E-state index contributed by atoms with van der Waals surface area (Å²) in [7, 11) is 1.44. The van der Waals surface area contributed by atoms with Crippen LogP contribution in [-0.2, 0) is 9.53 Å². The van der Waals surface area contributed by atoms with Gasteiger partial charge in [-0.3, -0.25) is 4.79 Å². The number of hydrogen-bond donors (Lipinski definition) is 1. The van der Waals surface area contributed by atoms with Gasteiger partial charge in [-0.1, -0.05) is 15.9 Å². The van der Waals surface area contributed by atoms with E-state index < -0.39 is 0 Å². The molecule has 1 heterocycles. The number of nitrogens with zero attached hydrogens (tertiary/aromatic N) is 1. The van der Waals surface area contributed by atoms with Crippen molar-refractivity contribution < 1.29 is 9.53 Å². The Bertz CT molecular complexity index is 465. The number of carbonyl (C=O) groups excluding carboxylic acids is 1. The minimum atomic E-state index is -0.160. The number of hydrogen-bond acceptors (Lipinski definition) is 4. The summed E-state index contributed by atoms with van der Waals surface area (Å²) in [4.78, 5) is 13.8. The minimum Gasteiger partial charge on any atom is -0.469 e. The number of ether oxygens (including phenoxy) is 1. The second-order valence-electron chi connectivity index (χ2n) is 4.77. The number of methoxy groups -OCH3 is 1. The van der Waals surface area contributed by atoms with Crippen molar-refractivity contribution in [3.05, 3.63) is 28.2 Å². The van der Waals surface area contributed by atoms with E-state index in [1.54, 1.807) is 0 Å². The summed E-state index contributed by atoms with van der Waals surface area (Å²) in [5, 5.41) is 3.33. The van der Waals surface area contributed by atoms with Gasteiger partial charge < -0.3 is 15.0 Å². The van der Waals surface area contributed by atoms with Crippen molar-refractivity contribution in [2.75, 3.05) is 31.6 Å². The van der Waals surface area contributed by atoms with Crippen LogP contribution < -0.4 is 10.2 Å². The SMILES string of the molecule is COC(=O)CC1CNCCN1c1ccc(Br)c(C)c1. The van der Waals surface area contributed by atoms with E-state index in [1.165, 1.54) is 12.7 Å². The molecule has 2 rings (SSSR count). The quantitative estimate of drug-likeness (QED) is 0.864. The standard InChI is InChI=1S/C14H19BrN2O2/c1-10-7-11(3-4-13(10)15)17-6-5-16-9-12(17)8-14(18)19-2/h3-4,7,12,16H,5-6,8-9H2,1-2H3. The maximum Gasteiger partial charge on any atom is 0.307 e. The van der Waals surface area contributed by atoms with Crippen LogP contribution in [0, 0.1) is 6.92 Å². The summed E-state index contributed by atoms with van der Waals surface area (Å²) in [6.45, 7) is 4.73. The molecule has 0 bridgehead atoms. The number of nitrogens with one attached hydrogen (secondary N) is 1. The number of benzene rings is 1. The predicted octanol–water partition coefficient (Wildman–Crippen LogP) is 2.10. The molecule has 1 saturated heterocycles. The van der Waals surface area contributed by atoms with Crippen LogP contribution in [0.15, 0.2) is 22.7 Å². The zero-order chi connectivity index (χ0) is 13.8. The molecular formula is C14H19BrN2O2. The summed E-state index contributed by atoms with van der Waals surface area (Å²) in [6, 6.07) is 6.45. The van der Waals surface area contributed by atoms with Crippen LogP contribution >= 0.6 is 15.9 Å². The molecular weight excluding hydrogens is 308 g/mol. The molecule has 0 spiro atoms. The van der Waals surface area contributed by atoms with Crippen LogP contribution in [0.4, 0.5) is 5.69 Å². The first kappa shape index (κ1) is 14.3. The van der Waals surface area contributed by atoms with Crippen molar-refractivity contribution in [2.45, 2.75) is 19.4 Å². The second kappa shape index (κ2) is 6.39. The molecule has 1 aromatic carbocycles. The van der Waals surface area contributed by atoms with Gasteiger partial charge in [-0.2, -0.15) is 0 Å². The van der Waals surface area contributed by atoms with Gasteiger partial charge in [0.05, 0.1) is 19.6 Å². The first-order chi connectivity index (χ1) is 9.11. The van der Waals surface area contributed by atoms with Crippen LogP contribution in [0.1, 0.15) is 12.0 Å². The first-order valence-corrected chi connectivity index (χ1v) is 7.21. The van der Waals surface area contributed by atoms with E-state index in [0.717, 1.165) is 29.8 Å². The highest BCUT2D eigenvalue weighted by atomic mass is 79.9. The molecule has 0 aromatic heterocycles. The van der Waals surface area contributed by atoms with Crippen LogP contribution in [0.25, 0.3) is 0 Å². The van der Waals surface area contributed by atoms with Crippen molar-refractivity contribution in [1.82, 2.24) is 5.32 Å². The number of aryl methyl sites for hydroxylation is 1. The van der Waals surface area contributed by atoms with Crippen LogP contribution in [0.2, 0.25) is 0 Å². The van der Waals surface area contributed by atoms with Crippen LogP contribution in [0.5, 0.6) is 0 Å². The fourth-order valence-electron chi connectivity index (χ4n) is 2.37. The highest BCUT2D eigenvalue weighted by Crippen LogP contribution is 2.25. The monoisotopic (exact) mass is 326 g/mol. The van der Waals surface area contributed by atoms with Crippen LogP contribution in [0.3, 0.4) is 0 Å². The Kier molecular flexibility index (Phi) is 4.82. The summed E-state index contributed by atoms with van der Waals surface area (Å²) in [5.74, 6) is -0.160. The number of rotatable bonds is 3. The van der Waals surface area contributed by atoms with Gasteiger partial charge >= 0.3 is 5.97 Å². The number of anilines is 1. The predicted molar refractivity (Wildman–Crippen MR) is 79.5 cm³/mol. The van der Waals surface area contributed by atoms with E-state index in [4.69, 9.17) is 4.74 Å². The Morgan fingerprint density at radius 2 is 2.37 bits per heavy atom. The lowest BCUT2D eigenvalue weighted by atomic mass is 10.1. The second-order valence-corrected chi connectivity index (χ2v) is 5.62. The molecule has 0 saturated carbocycles. The van der Waals surface area contributed by atoms with Gasteiger partial charge in [-0.15, -0.1) is 0 Å². The summed E-state index contributed by atoms with van der Waals surface area (Å²) in [5.41, 5.74) is 2.36. The number of piperazine rings is 1. The molecule has 1 aliphatic rings. The molecule has 1 aromatic rings. The van der Waals surface area contributed by atoms with E-state index in [0.29, 0.717) is 6.42 Å². The summed E-state index contributed by atoms with van der Waals surface area (Å²) >= 11 is 3.52. The van der Waals surface area contributed by atoms with Crippen molar-refractivity contribution in [3.8, 4) is 0 Å². The molecule has 1 aliphatic heterocycles. The lowest BCUT2D eigenvalue weighted by molar-refractivity contribution is -0.141. The Morgan fingerprint density at radius 3 is 3.05 bits per heavy atom. The molecule has 19 heavy (non-hydrogen) atoms. The van der Waals surface area contributed by atoms with Gasteiger partial charge in [0.25, 0.3) is 0 Å². The Labute approximate surface area is 122 Å². The Balaban J connectivity index is 2.18. The largest absolute Gasteiger partial charge is 0.469 e. The number of carbonyl (C=O) groups is 1. The van der Waals surface area contributed by atoms with Crippen molar-refractivity contribution in [1.29, 1.82) is 0 Å². The fraction of sp³-hybridized carbons (Fsp3) is 0.500. The highest BCUT2D eigenvalue weighted by molar-refractivity contribution is 9.10. The van der Waals surface area contributed by atoms with E-state index in [9.17, 15) is 4.79 Å². The fourth-order valence-corrected chi connectivity index (χ4v) is 2.61. The topological polar surface area (TPSA) is 41.6 Å². The lowest BCUT2D eigenvalue weighted by Crippen LogP contribution is -2.52. The Hall–Kier alpha value is -1.07. The molecule has 1 fully saturated rings. The zero-order valence-electron chi connectivity index (χ0n) is 11.3. The van der Waals surface area contributed by atoms with Gasteiger partial charge in [-0.25, -0.2) is 0 Å². The lowest BCUT2D eigenvalue weighted by Gasteiger charge is -2.37. The van der Waals surface area contributed by atoms with Crippen molar-refractivity contribution in [2.24, 2.45) is 0 Å². The van der Waals surface area contributed by atoms with Crippen molar-refractivity contribution >= 4 is 27.6 Å². The molecule has 0 amide bonds. The molecule has 4 nitrogen and oxygen atoms in total. The smallest absolute Gasteiger partial charge is 0.307 e. The molecule has 0 radical (unpaired) electrons. The van der Waals surface area contributed by atoms with E-state index in [2.05, 4.69) is 51.3 Å². The highest BCUT2D eigenvalue weighted by Gasteiger charge is 2.25. The summed E-state index contributed by atoms with van der Waals surface area (Å²) in [6.07, 6.45) is 0.415. The first-order valence-electron chi connectivity index (χ1n) is 6.42. The maximum atomic E-state index is 11.5. The van der Waals surface area contributed by atoms with Gasteiger partial charge in [0.1, 0.15) is 0 Å². The number of halogens is 1. The minimum absolute atomic E-state index is 0.154. The molecule has 104 valence electrons. The maximum absolute atomic E-state index is 11.5. The zero-order valence-corrected chi connectivity index (χ0v) is 12.9. The molecule has 1 N–H and O–H groups in total. The van der Waals surface area contributed by atoms with Crippen LogP contribution in [-0.4, -0.2) is 38.8 Å². The van der Waals surface area contributed by atoms with E-state index >= 15 is 0 Å². The normalized spacial score (nSPS) is 19.3. The van der Waals surface area contributed by atoms with E-state index in [1.807, 2.05) is 0 Å². The van der Waals surface area contributed by atoms with Crippen molar-refractivity contribution in [3.63, 3.8) is 0 Å². The molecule has 5 heteroatoms. The third kappa shape index (κ3) is 3.48. The van der Waals surface area contributed by atoms with E-state index in [-0.39, 0.29) is 12.0 Å². The van der Waals surface area contributed by atoms with Gasteiger partial charge in [0.15, 0.2) is 0 Å². The molecule has 1 unspecified atom stereocenters. The average molecular weight is 327 g/mol.